The Hall–Kier alpha value is -4.53. The van der Waals surface area contributed by atoms with Crippen LogP contribution in [0.3, 0.4) is 0 Å². The second-order valence-corrected chi connectivity index (χ2v) is 28.2. The van der Waals surface area contributed by atoms with Gasteiger partial charge in [-0.25, -0.2) is 0 Å². The SMILES string of the molecule is C.C.CC[Si](CC)(CC)c1cc2cc(C)c(C)cc2n1C.CC[Si](CC)(CC)c1cc2cc(C)ccc2n1C.Cc1cc2ccn(C)c2cc1C.Cc1ccc2c(ccn2C)c1. The van der Waals surface area contributed by atoms with Crippen LogP contribution in [-0.4, -0.2) is 34.4 Å². The van der Waals surface area contributed by atoms with Crippen molar-refractivity contribution in [3.63, 3.8) is 0 Å². The van der Waals surface area contributed by atoms with Gasteiger partial charge in [-0.15, -0.1) is 0 Å². The Morgan fingerprint density at radius 3 is 1.16 bits per heavy atom. The summed E-state index contributed by atoms with van der Waals surface area (Å²) < 4.78 is 9.22. The van der Waals surface area contributed by atoms with Crippen molar-refractivity contribution in [2.75, 3.05) is 0 Å². The fourth-order valence-corrected chi connectivity index (χ4v) is 17.4. The molecule has 4 heterocycles. The Labute approximate surface area is 380 Å². The van der Waals surface area contributed by atoms with Crippen LogP contribution in [-0.2, 0) is 28.2 Å². The molecule has 0 atom stereocenters. The van der Waals surface area contributed by atoms with Gasteiger partial charge in [0.2, 0.25) is 0 Å². The molecule has 62 heavy (non-hydrogen) atoms. The van der Waals surface area contributed by atoms with Gasteiger partial charge in [0, 0.05) is 73.3 Å². The second-order valence-electron chi connectivity index (χ2n) is 17.8. The van der Waals surface area contributed by atoms with E-state index in [1.54, 1.807) is 10.6 Å². The number of aromatic nitrogens is 4. The lowest BCUT2D eigenvalue weighted by atomic mass is 10.1. The fourth-order valence-electron chi connectivity index (χ4n) is 9.61. The highest BCUT2D eigenvalue weighted by molar-refractivity contribution is 6.92. The number of hydrogen-bond donors (Lipinski definition) is 0. The number of fused-ring (bicyclic) bond motifs is 4. The van der Waals surface area contributed by atoms with Crippen molar-refractivity contribution in [1.29, 1.82) is 0 Å². The summed E-state index contributed by atoms with van der Waals surface area (Å²) in [6, 6.07) is 39.8. The van der Waals surface area contributed by atoms with Gasteiger partial charge in [0.1, 0.15) is 16.1 Å². The van der Waals surface area contributed by atoms with E-state index in [2.05, 4.69) is 227 Å². The average molecular weight is 869 g/mol. The van der Waals surface area contributed by atoms with Gasteiger partial charge in [-0.05, 0) is 158 Å². The molecule has 4 nitrogen and oxygen atoms in total. The first-order valence-electron chi connectivity index (χ1n) is 22.7. The quantitative estimate of drug-likeness (QED) is 0.136. The first-order chi connectivity index (χ1) is 28.5. The van der Waals surface area contributed by atoms with Crippen molar-refractivity contribution < 1.29 is 0 Å². The van der Waals surface area contributed by atoms with Gasteiger partial charge in [-0.2, -0.15) is 0 Å². The topological polar surface area (TPSA) is 19.7 Å². The Bertz CT molecular complexity index is 2670. The van der Waals surface area contributed by atoms with Crippen LogP contribution in [0.2, 0.25) is 36.3 Å². The Balaban J connectivity index is 0.000000223. The normalized spacial score (nSPS) is 11.4. The van der Waals surface area contributed by atoms with Gasteiger partial charge in [0.15, 0.2) is 0 Å². The molecule has 8 rings (SSSR count). The van der Waals surface area contributed by atoms with Crippen molar-refractivity contribution in [3.8, 4) is 0 Å². The zero-order valence-corrected chi connectivity index (χ0v) is 42.3. The van der Waals surface area contributed by atoms with E-state index in [1.807, 2.05) is 0 Å². The van der Waals surface area contributed by atoms with E-state index in [0.29, 0.717) is 0 Å². The molecule has 0 radical (unpaired) electrons. The number of hydrogen-bond acceptors (Lipinski definition) is 0. The summed E-state index contributed by atoms with van der Waals surface area (Å²) in [7, 11) is 6.08. The van der Waals surface area contributed by atoms with E-state index in [1.165, 1.54) is 113 Å². The fraction of sp³-hybridized carbons (Fsp3) is 0.429. The third kappa shape index (κ3) is 10.5. The molecule has 8 aromatic rings. The largest absolute Gasteiger partial charge is 0.352 e. The van der Waals surface area contributed by atoms with Crippen LogP contribution in [0.25, 0.3) is 43.6 Å². The minimum Gasteiger partial charge on any atom is -0.352 e. The summed E-state index contributed by atoms with van der Waals surface area (Å²) in [4.78, 5) is 0. The molecule has 6 heteroatoms. The molecule has 0 saturated carbocycles. The van der Waals surface area contributed by atoms with Gasteiger partial charge in [0.05, 0.1) is 0 Å². The third-order valence-electron chi connectivity index (χ3n) is 14.5. The van der Waals surface area contributed by atoms with Gasteiger partial charge >= 0.3 is 0 Å². The van der Waals surface area contributed by atoms with Crippen molar-refractivity contribution in [2.24, 2.45) is 28.2 Å². The first kappa shape index (κ1) is 51.8. The molecular weight excluding hydrogens is 785 g/mol. The van der Waals surface area contributed by atoms with Crippen LogP contribution < -0.4 is 10.6 Å². The van der Waals surface area contributed by atoms with E-state index in [9.17, 15) is 0 Å². The lowest BCUT2D eigenvalue weighted by Gasteiger charge is -2.28. The summed E-state index contributed by atoms with van der Waals surface area (Å²) >= 11 is 0. The molecule has 0 N–H and O–H groups in total. The minimum atomic E-state index is -1.29. The lowest BCUT2D eigenvalue weighted by molar-refractivity contribution is 0.968. The second kappa shape index (κ2) is 21.7. The van der Waals surface area contributed by atoms with Crippen molar-refractivity contribution in [1.82, 2.24) is 18.3 Å². The monoisotopic (exact) mass is 869 g/mol. The standard InChI is InChI=1S/C17H27NSi.C16H25NSi.C11H13N.C10H11N.2CH4/c1-7-19(8-2,9-3)17-12-15-10-13(4)14(5)11-16(15)18(17)6;1-6-18(7-2,8-3)16-12-14-11-13(4)9-10-15(14)17(16)5;1-8-6-10-4-5-12(3)11(10)7-9(8)2;1-8-3-4-10-9(7-8)5-6-11(10)2;;/h10-12H,7-9H2,1-6H3;9-12H,6-8H2,1-5H3;4-7H,1-3H3;3-7H,1-2H3;2*1H4. The third-order valence-corrected chi connectivity index (χ3v) is 25.8. The van der Waals surface area contributed by atoms with Crippen molar-refractivity contribution >= 4 is 70.4 Å². The Morgan fingerprint density at radius 1 is 0.355 bits per heavy atom. The van der Waals surface area contributed by atoms with Crippen LogP contribution in [0, 0.1) is 41.5 Å². The van der Waals surface area contributed by atoms with E-state index in [-0.39, 0.29) is 14.9 Å². The number of rotatable bonds is 8. The highest BCUT2D eigenvalue weighted by Crippen LogP contribution is 2.27. The van der Waals surface area contributed by atoms with Crippen molar-refractivity contribution in [2.45, 2.75) is 134 Å². The molecule has 4 aromatic heterocycles. The molecule has 0 fully saturated rings. The molecule has 0 aliphatic carbocycles. The molecule has 0 amide bonds. The van der Waals surface area contributed by atoms with Crippen LogP contribution in [0.1, 0.15) is 89.8 Å². The Kier molecular flexibility index (Phi) is 18.1. The smallest absolute Gasteiger partial charge is 0.107 e. The van der Waals surface area contributed by atoms with Gasteiger partial charge in [-0.1, -0.05) is 116 Å². The number of aryl methyl sites for hydroxylation is 10. The van der Waals surface area contributed by atoms with E-state index >= 15 is 0 Å². The van der Waals surface area contributed by atoms with E-state index < -0.39 is 16.1 Å². The van der Waals surface area contributed by atoms with Gasteiger partial charge < -0.3 is 18.3 Å². The number of nitrogens with zero attached hydrogens (tertiary/aromatic N) is 4. The predicted octanol–water partition coefficient (Wildman–Crippen LogP) is 15.3. The minimum absolute atomic E-state index is 0. The highest BCUT2D eigenvalue weighted by Gasteiger charge is 2.33. The molecule has 0 unspecified atom stereocenters. The molecular formula is C56H84N4Si2. The summed E-state index contributed by atoms with van der Waals surface area (Å²) in [5.41, 5.74) is 13.6. The van der Waals surface area contributed by atoms with Crippen LogP contribution >= 0.6 is 0 Å². The molecule has 0 spiro atoms. The molecule has 0 aliphatic heterocycles. The maximum Gasteiger partial charge on any atom is 0.107 e. The average Bonchev–Trinajstić information content (AvgIpc) is 3.98. The van der Waals surface area contributed by atoms with Gasteiger partial charge in [0.25, 0.3) is 0 Å². The van der Waals surface area contributed by atoms with Gasteiger partial charge in [-0.3, -0.25) is 0 Å². The highest BCUT2D eigenvalue weighted by atomic mass is 28.3. The van der Waals surface area contributed by atoms with Crippen LogP contribution in [0.5, 0.6) is 0 Å². The lowest BCUT2D eigenvalue weighted by Crippen LogP contribution is -2.48. The molecule has 0 bridgehead atoms. The first-order valence-corrected chi connectivity index (χ1v) is 27.9. The van der Waals surface area contributed by atoms with E-state index in [4.69, 9.17) is 0 Å². The van der Waals surface area contributed by atoms with E-state index in [0.717, 1.165) is 0 Å². The number of benzene rings is 4. The van der Waals surface area contributed by atoms with Crippen molar-refractivity contribution in [3.05, 3.63) is 131 Å². The van der Waals surface area contributed by atoms with Crippen LogP contribution in [0.4, 0.5) is 0 Å². The zero-order valence-electron chi connectivity index (χ0n) is 40.3. The summed E-state index contributed by atoms with van der Waals surface area (Å²) in [6.45, 7) is 27.3. The summed E-state index contributed by atoms with van der Waals surface area (Å²) in [5, 5.41) is 8.77. The molecule has 0 aliphatic rings. The van der Waals surface area contributed by atoms with Crippen LogP contribution in [0.15, 0.2) is 97.3 Å². The zero-order chi connectivity index (χ0) is 44.1. The molecule has 336 valence electrons. The molecule has 0 saturated heterocycles. The molecule has 4 aromatic carbocycles. The summed E-state index contributed by atoms with van der Waals surface area (Å²) in [5.74, 6) is 0. The Morgan fingerprint density at radius 2 is 0.694 bits per heavy atom. The summed E-state index contributed by atoms with van der Waals surface area (Å²) in [6.07, 6.45) is 4.19. The maximum absolute atomic E-state index is 2.48. The predicted molar refractivity (Wildman–Crippen MR) is 287 cm³/mol. The maximum atomic E-state index is 2.48.